The van der Waals surface area contributed by atoms with Crippen LogP contribution in [0.2, 0.25) is 0 Å². The molecule has 2 heterocycles. The summed E-state index contributed by atoms with van der Waals surface area (Å²) in [5.41, 5.74) is 3.54. The Hall–Kier alpha value is -6.16. The molecule has 0 saturated carbocycles. The Morgan fingerprint density at radius 2 is 1.27 bits per heavy atom. The zero-order valence-corrected chi connectivity index (χ0v) is 26.5. The van der Waals surface area contributed by atoms with Crippen molar-refractivity contribution in [3.63, 3.8) is 0 Å². The molecule has 0 aliphatic carbocycles. The summed E-state index contributed by atoms with van der Waals surface area (Å²) in [6, 6.07) is 29.5. The van der Waals surface area contributed by atoms with Crippen LogP contribution >= 0.6 is 11.3 Å². The normalized spacial score (nSPS) is 14.8. The van der Waals surface area contributed by atoms with Crippen LogP contribution in [0.25, 0.3) is 75.1 Å². The number of hydrogen-bond acceptors (Lipinski definition) is 3. The van der Waals surface area contributed by atoms with E-state index >= 15 is 0 Å². The van der Waals surface area contributed by atoms with Gasteiger partial charge in [-0.3, -0.25) is 0 Å². The van der Waals surface area contributed by atoms with E-state index in [1.54, 1.807) is 4.90 Å². The van der Waals surface area contributed by atoms with Crippen molar-refractivity contribution >= 4 is 81.3 Å². The van der Waals surface area contributed by atoms with Crippen LogP contribution in [0.15, 0.2) is 180 Å². The van der Waals surface area contributed by atoms with Gasteiger partial charge in [0.15, 0.2) is 0 Å². The van der Waals surface area contributed by atoms with Crippen LogP contribution in [-0.4, -0.2) is 0 Å². The summed E-state index contributed by atoms with van der Waals surface area (Å²) in [5, 5.41) is 3.36. The second-order valence-corrected chi connectivity index (χ2v) is 12.7. The number of furan rings is 1. The maximum absolute atomic E-state index is 9.69. The highest BCUT2D eigenvalue weighted by molar-refractivity contribution is 7.25. The molecular weight excluding hydrogens is 615 g/mol. The Bertz CT molecular complexity index is 3430. The van der Waals surface area contributed by atoms with Gasteiger partial charge in [0.2, 0.25) is 0 Å². The van der Waals surface area contributed by atoms with Crippen molar-refractivity contribution in [3.05, 3.63) is 176 Å². The molecule has 0 fully saturated rings. The fraction of sp³-hybridized carbons (Fsp3) is 0. The number of hydrogen-bond donors (Lipinski definition) is 0. The first-order valence-corrected chi connectivity index (χ1v) is 16.5. The Morgan fingerprint density at radius 1 is 0.490 bits per heavy atom. The smallest absolute Gasteiger partial charge is 0.143 e. The first kappa shape index (κ1) is 19.0. The molecule has 10 rings (SSSR count). The number of fused-ring (bicyclic) bond motifs is 8. The van der Waals surface area contributed by atoms with Crippen LogP contribution in [0.4, 0.5) is 17.1 Å². The van der Waals surface area contributed by atoms with E-state index in [0.717, 1.165) is 38.6 Å². The number of rotatable bonds is 5. The number of nitrogens with zero attached hydrogens (tertiary/aromatic N) is 1. The largest absolute Gasteiger partial charge is 0.455 e. The maximum Gasteiger partial charge on any atom is 0.143 e. The van der Waals surface area contributed by atoms with Crippen LogP contribution in [0.3, 0.4) is 0 Å². The molecule has 0 aliphatic heterocycles. The van der Waals surface area contributed by atoms with Crippen molar-refractivity contribution in [3.8, 4) is 22.3 Å². The highest BCUT2D eigenvalue weighted by atomic mass is 32.1. The average molecular weight is 655 g/mol. The summed E-state index contributed by atoms with van der Waals surface area (Å²) in [7, 11) is 0. The Kier molecular flexibility index (Phi) is 4.35. The van der Waals surface area contributed by atoms with Gasteiger partial charge in [-0.25, -0.2) is 0 Å². The zero-order chi connectivity index (χ0) is 41.9. The minimum atomic E-state index is -0.552. The summed E-state index contributed by atoms with van der Waals surface area (Å²) in [6.07, 6.45) is 0. The predicted molar refractivity (Wildman–Crippen MR) is 210 cm³/mol. The van der Waals surface area contributed by atoms with E-state index in [9.17, 15) is 5.48 Å². The van der Waals surface area contributed by atoms with Gasteiger partial charge in [0.25, 0.3) is 0 Å². The molecule has 0 atom stereocenters. The van der Waals surface area contributed by atoms with Crippen molar-refractivity contribution in [2.24, 2.45) is 0 Å². The van der Waals surface area contributed by atoms with Gasteiger partial charge in [-0.15, -0.1) is 11.3 Å². The molecule has 0 unspecified atom stereocenters. The SMILES string of the molecule is [2H]c1c([2H])c(N(c2ccc(-c3ccccc3)cc2)c2cccc3oc4c5ccccc5ccc4c23)c([2H])c([2H])c1-c1c([2H])c([2H])c([2H])c2sc3c([2H])c([2H])c([2H])c([2H])c3c12. The Balaban J connectivity index is 1.29. The number of benzene rings is 8. The maximum atomic E-state index is 9.69. The molecule has 10 aromatic rings. The zero-order valence-electron chi connectivity index (χ0n) is 36.7. The van der Waals surface area contributed by atoms with E-state index in [1.165, 1.54) is 0 Å². The van der Waals surface area contributed by atoms with E-state index in [1.807, 2.05) is 109 Å². The molecule has 0 saturated heterocycles. The Morgan fingerprint density at radius 3 is 2.14 bits per heavy atom. The highest BCUT2D eigenvalue weighted by Gasteiger charge is 2.21. The molecule has 8 aromatic carbocycles. The minimum Gasteiger partial charge on any atom is -0.455 e. The molecule has 3 heteroatoms. The van der Waals surface area contributed by atoms with E-state index < -0.39 is 54.4 Å². The fourth-order valence-corrected chi connectivity index (χ4v) is 7.60. The summed E-state index contributed by atoms with van der Waals surface area (Å²) in [6.45, 7) is 0. The van der Waals surface area contributed by atoms with Crippen molar-refractivity contribution in [1.82, 2.24) is 0 Å². The van der Waals surface area contributed by atoms with Crippen LogP contribution in [-0.2, 0) is 0 Å². The molecule has 2 aromatic heterocycles. The third kappa shape index (κ3) is 4.55. The second-order valence-electron chi connectivity index (χ2n) is 11.6. The van der Waals surface area contributed by atoms with Crippen molar-refractivity contribution < 1.29 is 19.5 Å². The quantitative estimate of drug-likeness (QED) is 0.184. The van der Waals surface area contributed by atoms with Crippen LogP contribution < -0.4 is 4.90 Å². The predicted octanol–water partition coefficient (Wildman–Crippen LogP) is 13.9. The van der Waals surface area contributed by atoms with E-state index in [4.69, 9.17) is 14.0 Å². The number of thiophene rings is 1. The van der Waals surface area contributed by atoms with Crippen LogP contribution in [0.1, 0.15) is 15.1 Å². The second kappa shape index (κ2) is 11.2. The van der Waals surface area contributed by atoms with Gasteiger partial charge in [-0.05, 0) is 82.1 Å². The monoisotopic (exact) mass is 654 g/mol. The highest BCUT2D eigenvalue weighted by Crippen LogP contribution is 2.45. The molecule has 0 aliphatic rings. The minimum absolute atomic E-state index is 0.00916. The molecular formula is C46H29NOS. The standard InChI is InChI=1S/C46H29NOS/c1-2-10-30(11-3-1)31-20-25-34(26-21-31)47(40-16-9-17-41-45(40)39-29-24-32-12-4-5-13-37(32)46(39)48-41)35-27-22-33(23-28-35)36-15-8-19-43-44(36)38-14-6-7-18-42(38)49-43/h1-29H/i6D,7D,8D,14D,15D,18D,19D,22D,23D,27D,28D. The van der Waals surface area contributed by atoms with Crippen molar-refractivity contribution in [2.45, 2.75) is 0 Å². The van der Waals surface area contributed by atoms with Crippen LogP contribution in [0, 0.1) is 0 Å². The summed E-state index contributed by atoms with van der Waals surface area (Å²) < 4.78 is 106. The topological polar surface area (TPSA) is 16.4 Å². The first-order chi connectivity index (χ1) is 28.9. The lowest BCUT2D eigenvalue weighted by molar-refractivity contribution is 0.672. The molecule has 0 N–H and O–H groups in total. The van der Waals surface area contributed by atoms with Gasteiger partial charge < -0.3 is 9.32 Å². The lowest BCUT2D eigenvalue weighted by Gasteiger charge is -2.26. The lowest BCUT2D eigenvalue weighted by Crippen LogP contribution is -2.10. The average Bonchev–Trinajstić information content (AvgIpc) is 3.87. The van der Waals surface area contributed by atoms with Crippen LogP contribution in [0.5, 0.6) is 0 Å². The lowest BCUT2D eigenvalue weighted by atomic mass is 9.99. The molecule has 2 nitrogen and oxygen atoms in total. The molecule has 230 valence electrons. The summed E-state index contributed by atoms with van der Waals surface area (Å²) >= 11 is 0.874. The summed E-state index contributed by atoms with van der Waals surface area (Å²) in [4.78, 5) is 1.68. The fourth-order valence-electron chi connectivity index (χ4n) is 6.63. The molecule has 0 spiro atoms. The van der Waals surface area contributed by atoms with E-state index in [-0.39, 0.29) is 49.1 Å². The van der Waals surface area contributed by atoms with Gasteiger partial charge in [0.1, 0.15) is 11.2 Å². The van der Waals surface area contributed by atoms with Gasteiger partial charge in [0.05, 0.1) is 26.2 Å². The number of anilines is 3. The third-order valence-corrected chi connectivity index (χ3v) is 9.89. The summed E-state index contributed by atoms with van der Waals surface area (Å²) in [5.74, 6) is 0. The van der Waals surface area contributed by atoms with E-state index in [0.29, 0.717) is 27.9 Å². The van der Waals surface area contributed by atoms with Gasteiger partial charge >= 0.3 is 0 Å². The van der Waals surface area contributed by atoms with Crippen molar-refractivity contribution in [1.29, 1.82) is 0 Å². The first-order valence-electron chi connectivity index (χ1n) is 21.2. The van der Waals surface area contributed by atoms with Crippen molar-refractivity contribution in [2.75, 3.05) is 4.90 Å². The third-order valence-electron chi connectivity index (χ3n) is 8.87. The molecule has 0 radical (unpaired) electrons. The Labute approximate surface area is 303 Å². The van der Waals surface area contributed by atoms with Gasteiger partial charge in [-0.1, -0.05) is 121 Å². The molecule has 0 amide bonds. The molecule has 0 bridgehead atoms. The van der Waals surface area contributed by atoms with Gasteiger partial charge in [-0.2, -0.15) is 0 Å². The van der Waals surface area contributed by atoms with Gasteiger partial charge in [0, 0.05) is 42.3 Å². The van der Waals surface area contributed by atoms with E-state index in [2.05, 4.69) is 0 Å². The molecule has 49 heavy (non-hydrogen) atoms.